The smallest absolute Gasteiger partial charge is 0.253 e. The molecule has 0 spiro atoms. The molecule has 1 aromatic rings. The lowest BCUT2D eigenvalue weighted by Crippen LogP contribution is -2.64. The second-order valence-corrected chi connectivity index (χ2v) is 6.62. The molecule has 8 heteroatoms. The van der Waals surface area contributed by atoms with E-state index in [9.17, 15) is 18.4 Å². The average molecular weight is 353 g/mol. The molecule has 0 aromatic heterocycles. The molecule has 1 saturated heterocycles. The van der Waals surface area contributed by atoms with Crippen molar-refractivity contribution >= 4 is 17.5 Å². The summed E-state index contributed by atoms with van der Waals surface area (Å²) in [6.07, 6.45) is 1.84. The number of methoxy groups -OCH3 is 1. The number of nitrogens with zero attached hydrogens (tertiary/aromatic N) is 1. The third kappa shape index (κ3) is 3.23. The molecule has 3 N–H and O–H groups in total. The third-order valence-electron chi connectivity index (χ3n) is 4.93. The van der Waals surface area contributed by atoms with E-state index in [2.05, 4.69) is 5.32 Å². The lowest BCUT2D eigenvalue weighted by Gasteiger charge is -2.44. The molecule has 0 bridgehead atoms. The summed E-state index contributed by atoms with van der Waals surface area (Å²) in [5.74, 6) is -2.31. The van der Waals surface area contributed by atoms with Crippen molar-refractivity contribution in [2.75, 3.05) is 18.6 Å². The number of nitrogens with two attached hydrogens (primary N) is 1. The Hall–Kier alpha value is -2.06. The number of nitrogens with one attached hydrogen (secondary N) is 1. The predicted molar refractivity (Wildman–Crippen MR) is 86.8 cm³/mol. The molecule has 1 unspecified atom stereocenters. The van der Waals surface area contributed by atoms with Gasteiger partial charge in [-0.05, 0) is 25.0 Å². The Balaban J connectivity index is 1.73. The van der Waals surface area contributed by atoms with E-state index in [1.165, 1.54) is 18.1 Å². The minimum absolute atomic E-state index is 0.0115. The predicted octanol–water partition coefficient (Wildman–Crippen LogP) is 1.08. The summed E-state index contributed by atoms with van der Waals surface area (Å²) in [5.41, 5.74) is 4.76. The van der Waals surface area contributed by atoms with Crippen LogP contribution in [0.15, 0.2) is 18.2 Å². The van der Waals surface area contributed by atoms with Crippen molar-refractivity contribution in [1.82, 2.24) is 5.32 Å². The van der Waals surface area contributed by atoms with E-state index in [0.717, 1.165) is 12.1 Å². The highest BCUT2D eigenvalue weighted by Crippen LogP contribution is 2.35. The SMILES string of the molecule is COC1(C(=O)NC2CCCN(c3ccc(F)cc3F)C2=O)CC(N)C1. The van der Waals surface area contributed by atoms with Crippen LogP contribution < -0.4 is 16.0 Å². The number of anilines is 1. The number of rotatable bonds is 4. The van der Waals surface area contributed by atoms with Gasteiger partial charge in [-0.15, -0.1) is 0 Å². The van der Waals surface area contributed by atoms with Gasteiger partial charge >= 0.3 is 0 Å². The van der Waals surface area contributed by atoms with Crippen molar-refractivity contribution in [2.45, 2.75) is 43.4 Å². The minimum Gasteiger partial charge on any atom is -0.368 e. The van der Waals surface area contributed by atoms with Gasteiger partial charge in [-0.3, -0.25) is 9.59 Å². The maximum absolute atomic E-state index is 14.0. The summed E-state index contributed by atoms with van der Waals surface area (Å²) in [4.78, 5) is 26.4. The van der Waals surface area contributed by atoms with Crippen molar-refractivity contribution in [3.8, 4) is 0 Å². The van der Waals surface area contributed by atoms with Crippen LogP contribution in [0.3, 0.4) is 0 Å². The Kier molecular flexibility index (Phi) is 4.75. The number of ether oxygens (including phenoxy) is 1. The number of hydrogen-bond acceptors (Lipinski definition) is 4. The van der Waals surface area contributed by atoms with Crippen molar-refractivity contribution in [2.24, 2.45) is 5.73 Å². The first-order valence-corrected chi connectivity index (χ1v) is 8.24. The van der Waals surface area contributed by atoms with Gasteiger partial charge in [-0.1, -0.05) is 0 Å². The molecule has 2 amide bonds. The molecule has 1 aromatic carbocycles. The average Bonchev–Trinajstić information content (AvgIpc) is 2.54. The Morgan fingerprint density at radius 3 is 2.72 bits per heavy atom. The van der Waals surface area contributed by atoms with E-state index in [1.54, 1.807) is 0 Å². The van der Waals surface area contributed by atoms with Crippen LogP contribution in [0.5, 0.6) is 0 Å². The van der Waals surface area contributed by atoms with Crippen LogP contribution in [0.25, 0.3) is 0 Å². The summed E-state index contributed by atoms with van der Waals surface area (Å²) < 4.78 is 32.4. The summed E-state index contributed by atoms with van der Waals surface area (Å²) in [7, 11) is 1.44. The standard InChI is InChI=1S/C17H21F2N3O3/c1-25-17(8-11(20)9-17)16(24)21-13-3-2-6-22(15(13)23)14-5-4-10(18)7-12(14)19/h4-5,7,11,13H,2-3,6,8-9,20H2,1H3,(H,21,24). The molecule has 1 aliphatic heterocycles. The second kappa shape index (κ2) is 6.68. The zero-order valence-electron chi connectivity index (χ0n) is 13.9. The summed E-state index contributed by atoms with van der Waals surface area (Å²) in [5, 5.41) is 2.71. The fourth-order valence-corrected chi connectivity index (χ4v) is 3.47. The van der Waals surface area contributed by atoms with E-state index < -0.39 is 29.2 Å². The molecule has 1 heterocycles. The zero-order valence-corrected chi connectivity index (χ0v) is 13.9. The Morgan fingerprint density at radius 1 is 1.40 bits per heavy atom. The van der Waals surface area contributed by atoms with Crippen LogP contribution in [0, 0.1) is 11.6 Å². The zero-order chi connectivity index (χ0) is 18.2. The molecule has 25 heavy (non-hydrogen) atoms. The topological polar surface area (TPSA) is 84.7 Å². The van der Waals surface area contributed by atoms with Gasteiger partial charge in [0, 0.05) is 38.6 Å². The van der Waals surface area contributed by atoms with E-state index in [0.29, 0.717) is 32.2 Å². The van der Waals surface area contributed by atoms with Gasteiger partial charge in [-0.2, -0.15) is 0 Å². The Labute approximate surface area is 144 Å². The first kappa shape index (κ1) is 17.8. The van der Waals surface area contributed by atoms with E-state index in [4.69, 9.17) is 10.5 Å². The summed E-state index contributed by atoms with van der Waals surface area (Å²) >= 11 is 0. The van der Waals surface area contributed by atoms with Crippen LogP contribution in [0.1, 0.15) is 25.7 Å². The van der Waals surface area contributed by atoms with Gasteiger partial charge in [0.05, 0.1) is 5.69 Å². The lowest BCUT2D eigenvalue weighted by molar-refractivity contribution is -0.158. The minimum atomic E-state index is -0.997. The third-order valence-corrected chi connectivity index (χ3v) is 4.93. The van der Waals surface area contributed by atoms with Crippen molar-refractivity contribution in [3.05, 3.63) is 29.8 Å². The fraction of sp³-hybridized carbons (Fsp3) is 0.529. The maximum atomic E-state index is 14.0. The van der Waals surface area contributed by atoms with Crippen molar-refractivity contribution in [1.29, 1.82) is 0 Å². The molecular formula is C17H21F2N3O3. The highest BCUT2D eigenvalue weighted by molar-refractivity contribution is 6.01. The molecule has 1 atom stereocenters. The molecule has 2 aliphatic rings. The van der Waals surface area contributed by atoms with Gasteiger partial charge in [0.2, 0.25) is 5.91 Å². The number of hydrogen-bond donors (Lipinski definition) is 2. The Bertz CT molecular complexity index is 692. The Morgan fingerprint density at radius 2 is 2.12 bits per heavy atom. The molecule has 0 radical (unpaired) electrons. The van der Waals surface area contributed by atoms with E-state index >= 15 is 0 Å². The van der Waals surface area contributed by atoms with Gasteiger partial charge in [0.1, 0.15) is 23.3 Å². The monoisotopic (exact) mass is 353 g/mol. The van der Waals surface area contributed by atoms with Gasteiger partial charge < -0.3 is 20.7 Å². The van der Waals surface area contributed by atoms with Crippen LogP contribution in [0.4, 0.5) is 14.5 Å². The van der Waals surface area contributed by atoms with Crippen LogP contribution in [-0.4, -0.2) is 43.2 Å². The van der Waals surface area contributed by atoms with Crippen LogP contribution in [0.2, 0.25) is 0 Å². The fourth-order valence-electron chi connectivity index (χ4n) is 3.47. The molecule has 6 nitrogen and oxygen atoms in total. The molecule has 2 fully saturated rings. The normalized spacial score (nSPS) is 29.3. The highest BCUT2D eigenvalue weighted by atomic mass is 19.1. The molecule has 136 valence electrons. The summed E-state index contributed by atoms with van der Waals surface area (Å²) in [6, 6.07) is 2.20. The van der Waals surface area contributed by atoms with Gasteiger partial charge in [0.25, 0.3) is 5.91 Å². The number of amides is 2. The van der Waals surface area contributed by atoms with Crippen molar-refractivity contribution < 1.29 is 23.1 Å². The van der Waals surface area contributed by atoms with Gasteiger partial charge in [0.15, 0.2) is 0 Å². The van der Waals surface area contributed by atoms with Gasteiger partial charge in [-0.25, -0.2) is 8.78 Å². The number of piperidine rings is 1. The number of benzene rings is 1. The first-order valence-electron chi connectivity index (χ1n) is 8.24. The highest BCUT2D eigenvalue weighted by Gasteiger charge is 2.50. The van der Waals surface area contributed by atoms with Crippen LogP contribution in [-0.2, 0) is 14.3 Å². The number of carbonyl (C=O) groups is 2. The molecule has 1 saturated carbocycles. The quantitative estimate of drug-likeness (QED) is 0.848. The first-order chi connectivity index (χ1) is 11.9. The second-order valence-electron chi connectivity index (χ2n) is 6.62. The molecule has 1 aliphatic carbocycles. The summed E-state index contributed by atoms with van der Waals surface area (Å²) in [6.45, 7) is 0.314. The molecule has 3 rings (SSSR count). The lowest BCUT2D eigenvalue weighted by atomic mass is 9.75. The number of carbonyl (C=O) groups excluding carboxylic acids is 2. The van der Waals surface area contributed by atoms with Crippen LogP contribution >= 0.6 is 0 Å². The van der Waals surface area contributed by atoms with Crippen molar-refractivity contribution in [3.63, 3.8) is 0 Å². The number of halogens is 2. The molecular weight excluding hydrogens is 332 g/mol. The largest absolute Gasteiger partial charge is 0.368 e. The van der Waals surface area contributed by atoms with E-state index in [1.807, 2.05) is 0 Å². The van der Waals surface area contributed by atoms with E-state index in [-0.39, 0.29) is 17.6 Å². The maximum Gasteiger partial charge on any atom is 0.253 e.